The van der Waals surface area contributed by atoms with Crippen LogP contribution in [-0.2, 0) is 0 Å². The molecule has 0 aromatic heterocycles. The third-order valence-corrected chi connectivity index (χ3v) is 1.87. The van der Waals surface area contributed by atoms with Gasteiger partial charge in [-0.1, -0.05) is 45.4 Å². The summed E-state index contributed by atoms with van der Waals surface area (Å²) in [5.74, 6) is -0.245. The molecule has 48 valence electrons. The third-order valence-electron chi connectivity index (χ3n) is 1.87. The Balaban J connectivity index is 2.45. The smallest absolute Gasteiger partial charge is 0.0303 e. The molecular formula is C8H16. The zero-order valence-electron chi connectivity index (χ0n) is 7.61. The fourth-order valence-corrected chi connectivity index (χ4v) is 1.23. The van der Waals surface area contributed by atoms with Gasteiger partial charge in [0.1, 0.15) is 0 Å². The van der Waals surface area contributed by atoms with E-state index < -0.39 is 0 Å². The minimum Gasteiger partial charge on any atom is -0.0651 e. The van der Waals surface area contributed by atoms with Crippen molar-refractivity contribution in [2.24, 2.45) is 5.89 Å². The van der Waals surface area contributed by atoms with E-state index in [0.29, 0.717) is 0 Å². The van der Waals surface area contributed by atoms with Gasteiger partial charge in [0.15, 0.2) is 0 Å². The number of hydrogen-bond donors (Lipinski definition) is 0. The maximum absolute atomic E-state index is 7.88. The van der Waals surface area contributed by atoms with Crippen LogP contribution in [0.3, 0.4) is 0 Å². The molecule has 1 aliphatic rings. The average molecular weight is 114 g/mol. The van der Waals surface area contributed by atoms with Crippen molar-refractivity contribution in [3.8, 4) is 0 Å². The minimum atomic E-state index is -0.245. The fraction of sp³-hybridized carbons (Fsp3) is 1.00. The van der Waals surface area contributed by atoms with Crippen molar-refractivity contribution >= 4 is 0 Å². The SMILES string of the molecule is [2H]C1CCCC([2H])(CC)C1. The molecule has 0 aromatic rings. The van der Waals surface area contributed by atoms with E-state index in [2.05, 4.69) is 6.92 Å². The van der Waals surface area contributed by atoms with E-state index in [1.165, 1.54) is 0 Å². The van der Waals surface area contributed by atoms with Crippen LogP contribution in [0.1, 0.15) is 48.2 Å². The third kappa shape index (κ3) is 1.50. The molecule has 0 heterocycles. The lowest BCUT2D eigenvalue weighted by Gasteiger charge is -2.18. The van der Waals surface area contributed by atoms with Crippen LogP contribution >= 0.6 is 0 Å². The van der Waals surface area contributed by atoms with Crippen LogP contribution in [-0.4, -0.2) is 0 Å². The first-order valence-electron chi connectivity index (χ1n) is 4.66. The molecule has 1 fully saturated rings. The van der Waals surface area contributed by atoms with Crippen molar-refractivity contribution in [1.29, 1.82) is 0 Å². The topological polar surface area (TPSA) is 0 Å². The summed E-state index contributed by atoms with van der Waals surface area (Å²) in [6.07, 6.45) is 4.88. The Morgan fingerprint density at radius 2 is 2.50 bits per heavy atom. The molecule has 0 amide bonds. The maximum atomic E-state index is 7.88. The second kappa shape index (κ2) is 3.11. The van der Waals surface area contributed by atoms with E-state index in [4.69, 9.17) is 2.74 Å². The fourth-order valence-electron chi connectivity index (χ4n) is 1.23. The Morgan fingerprint density at radius 3 is 3.00 bits per heavy atom. The summed E-state index contributed by atoms with van der Waals surface area (Å²) in [4.78, 5) is 0. The average Bonchev–Trinajstić information content (AvgIpc) is 1.88. The summed E-state index contributed by atoms with van der Waals surface area (Å²) in [6.45, 7) is 2.06. The van der Waals surface area contributed by atoms with Crippen molar-refractivity contribution in [2.75, 3.05) is 0 Å². The van der Waals surface area contributed by atoms with E-state index in [9.17, 15) is 0 Å². The normalized spacial score (nSPS) is 52.4. The van der Waals surface area contributed by atoms with Gasteiger partial charge in [0.2, 0.25) is 0 Å². The van der Waals surface area contributed by atoms with Crippen LogP contribution in [0, 0.1) is 5.89 Å². The van der Waals surface area contributed by atoms with Crippen molar-refractivity contribution < 1.29 is 2.74 Å². The van der Waals surface area contributed by atoms with Gasteiger partial charge in [-0.15, -0.1) is 0 Å². The quantitative estimate of drug-likeness (QED) is 0.491. The van der Waals surface area contributed by atoms with Crippen molar-refractivity contribution in [2.45, 2.75) is 45.4 Å². The molecule has 0 saturated heterocycles. The van der Waals surface area contributed by atoms with E-state index >= 15 is 0 Å². The zero-order valence-corrected chi connectivity index (χ0v) is 5.61. The molecule has 0 radical (unpaired) electrons. The lowest BCUT2D eigenvalue weighted by atomic mass is 9.88. The lowest BCUT2D eigenvalue weighted by molar-refractivity contribution is 0.349. The van der Waals surface area contributed by atoms with Crippen molar-refractivity contribution in [3.63, 3.8) is 0 Å². The van der Waals surface area contributed by atoms with Gasteiger partial charge in [0.25, 0.3) is 0 Å². The molecule has 0 N–H and O–H groups in total. The number of rotatable bonds is 1. The minimum absolute atomic E-state index is 0.0474. The maximum Gasteiger partial charge on any atom is 0.0303 e. The Morgan fingerprint density at radius 1 is 1.62 bits per heavy atom. The van der Waals surface area contributed by atoms with Crippen molar-refractivity contribution in [3.05, 3.63) is 0 Å². The molecule has 2 atom stereocenters. The van der Waals surface area contributed by atoms with E-state index in [-0.39, 0.29) is 12.3 Å². The lowest BCUT2D eigenvalue weighted by Crippen LogP contribution is -2.03. The molecule has 0 spiro atoms. The Kier molecular flexibility index (Phi) is 1.52. The second-order valence-corrected chi connectivity index (χ2v) is 2.49. The molecule has 0 aliphatic heterocycles. The van der Waals surface area contributed by atoms with Crippen LogP contribution < -0.4 is 0 Å². The predicted octanol–water partition coefficient (Wildman–Crippen LogP) is 2.98. The predicted molar refractivity (Wildman–Crippen MR) is 36.9 cm³/mol. The van der Waals surface area contributed by atoms with Gasteiger partial charge in [0.05, 0.1) is 0 Å². The van der Waals surface area contributed by atoms with Crippen LogP contribution in [0.5, 0.6) is 0 Å². The first kappa shape index (κ1) is 3.92. The summed E-state index contributed by atoms with van der Waals surface area (Å²) in [6, 6.07) is 0. The van der Waals surface area contributed by atoms with Gasteiger partial charge in [-0.3, -0.25) is 0 Å². The van der Waals surface area contributed by atoms with Gasteiger partial charge < -0.3 is 0 Å². The molecule has 0 bridgehead atoms. The molecule has 1 rings (SSSR count). The monoisotopic (exact) mass is 114 g/mol. The summed E-state index contributed by atoms with van der Waals surface area (Å²) in [5.41, 5.74) is 0. The Labute approximate surface area is 55.1 Å². The number of hydrogen-bond acceptors (Lipinski definition) is 0. The molecule has 2 unspecified atom stereocenters. The molecule has 1 aliphatic carbocycles. The summed E-state index contributed by atoms with van der Waals surface area (Å²) in [7, 11) is 0. The second-order valence-electron chi connectivity index (χ2n) is 2.49. The van der Waals surface area contributed by atoms with Crippen LogP contribution in [0.2, 0.25) is 0 Å². The first-order chi connectivity index (χ1) is 4.66. The van der Waals surface area contributed by atoms with Crippen molar-refractivity contribution in [1.82, 2.24) is 0 Å². The highest BCUT2D eigenvalue weighted by Gasteiger charge is 2.09. The van der Waals surface area contributed by atoms with Gasteiger partial charge in [-0.2, -0.15) is 0 Å². The van der Waals surface area contributed by atoms with Gasteiger partial charge >= 0.3 is 0 Å². The van der Waals surface area contributed by atoms with Crippen LogP contribution in [0.25, 0.3) is 0 Å². The first-order valence-corrected chi connectivity index (χ1v) is 3.58. The van der Waals surface area contributed by atoms with E-state index in [1.54, 1.807) is 0 Å². The zero-order chi connectivity index (χ0) is 7.61. The van der Waals surface area contributed by atoms with Gasteiger partial charge in [-0.05, 0) is 5.89 Å². The molecule has 0 heteroatoms. The molecular weight excluding hydrogens is 96.1 g/mol. The largest absolute Gasteiger partial charge is 0.0651 e. The Bertz CT molecular complexity index is 114. The standard InChI is InChI=1S/C8H16/c1-2-8-6-4-3-5-7-8/h8H,2-7H2,1H3/i4D,8D. The highest BCUT2D eigenvalue weighted by Crippen LogP contribution is 2.25. The highest BCUT2D eigenvalue weighted by molar-refractivity contribution is 4.63. The summed E-state index contributed by atoms with van der Waals surface area (Å²) >= 11 is 0. The van der Waals surface area contributed by atoms with Gasteiger partial charge in [0, 0.05) is 2.74 Å². The van der Waals surface area contributed by atoms with E-state index in [0.717, 1.165) is 32.1 Å². The summed E-state index contributed by atoms with van der Waals surface area (Å²) < 4.78 is 15.4. The highest BCUT2D eigenvalue weighted by atomic mass is 14.2. The van der Waals surface area contributed by atoms with Gasteiger partial charge in [-0.25, -0.2) is 0 Å². The molecule has 0 nitrogen and oxygen atoms in total. The summed E-state index contributed by atoms with van der Waals surface area (Å²) in [5, 5.41) is 0. The molecule has 0 aromatic carbocycles. The van der Waals surface area contributed by atoms with E-state index in [1.807, 2.05) is 0 Å². The molecule has 8 heavy (non-hydrogen) atoms. The van der Waals surface area contributed by atoms with Crippen LogP contribution in [0.15, 0.2) is 0 Å². The van der Waals surface area contributed by atoms with Crippen LogP contribution in [0.4, 0.5) is 0 Å². The molecule has 1 saturated carbocycles. The Hall–Kier alpha value is 0.